The quantitative estimate of drug-likeness (QED) is 0.367. The summed E-state index contributed by atoms with van der Waals surface area (Å²) in [6, 6.07) is 18.9. The molecule has 0 saturated heterocycles. The number of carbonyl (C=O) groups excluding carboxylic acids is 1. The second kappa shape index (κ2) is 9.38. The third-order valence-corrected chi connectivity index (χ3v) is 4.08. The molecule has 0 bridgehead atoms. The monoisotopic (exact) mass is 361 g/mol. The summed E-state index contributed by atoms with van der Waals surface area (Å²) in [5, 5.41) is 4.12. The molecule has 138 valence electrons. The minimum Gasteiger partial charge on any atom is -0.493 e. The largest absolute Gasteiger partial charge is 0.493 e. The Balaban J connectivity index is 1.70. The van der Waals surface area contributed by atoms with Crippen LogP contribution in [-0.4, -0.2) is 23.3 Å². The Morgan fingerprint density at radius 1 is 1.07 bits per heavy atom. The molecule has 27 heavy (non-hydrogen) atoms. The Kier molecular flexibility index (Phi) is 6.41. The highest BCUT2D eigenvalue weighted by Gasteiger charge is 2.11. The lowest BCUT2D eigenvalue weighted by atomic mass is 10.1. The van der Waals surface area contributed by atoms with Crippen LogP contribution in [0.3, 0.4) is 0 Å². The molecule has 0 aliphatic heterocycles. The summed E-state index contributed by atoms with van der Waals surface area (Å²) in [5.74, 6) is 0.497. The number of nitrogens with one attached hydrogen (secondary N) is 1. The van der Waals surface area contributed by atoms with Gasteiger partial charge in [-0.05, 0) is 42.8 Å². The van der Waals surface area contributed by atoms with Crippen molar-refractivity contribution in [2.24, 2.45) is 5.10 Å². The van der Waals surface area contributed by atoms with Crippen LogP contribution < -0.4 is 10.2 Å². The zero-order valence-electron chi connectivity index (χ0n) is 15.3. The Morgan fingerprint density at radius 2 is 1.81 bits per heavy atom. The first-order chi connectivity index (χ1) is 13.3. The first-order valence-corrected chi connectivity index (χ1v) is 9.07. The van der Waals surface area contributed by atoms with E-state index in [0.717, 1.165) is 29.8 Å². The fourth-order valence-electron chi connectivity index (χ4n) is 2.65. The Bertz CT molecular complexity index is 901. The topological polar surface area (TPSA) is 55.6 Å². The number of amides is 1. The first-order valence-electron chi connectivity index (χ1n) is 9.07. The van der Waals surface area contributed by atoms with E-state index in [1.165, 1.54) is 0 Å². The fraction of sp³-hybridized carbons (Fsp3) is 0.182. The van der Waals surface area contributed by atoms with Crippen LogP contribution in [0.5, 0.6) is 5.75 Å². The molecule has 0 aliphatic carbocycles. The molecule has 5 heteroatoms. The molecule has 0 aliphatic rings. The summed E-state index contributed by atoms with van der Waals surface area (Å²) in [5.41, 5.74) is 4.79. The molecule has 3 aromatic rings. The maximum absolute atomic E-state index is 12.6. The van der Waals surface area contributed by atoms with Gasteiger partial charge in [0.05, 0.1) is 24.1 Å². The van der Waals surface area contributed by atoms with Crippen molar-refractivity contribution in [3.8, 4) is 11.4 Å². The van der Waals surface area contributed by atoms with Crippen LogP contribution in [0.25, 0.3) is 5.69 Å². The highest BCUT2D eigenvalue weighted by Crippen LogP contribution is 2.17. The van der Waals surface area contributed by atoms with Gasteiger partial charge in [-0.1, -0.05) is 37.6 Å². The van der Waals surface area contributed by atoms with Gasteiger partial charge in [-0.15, -0.1) is 0 Å². The van der Waals surface area contributed by atoms with E-state index in [1.807, 2.05) is 71.6 Å². The predicted octanol–water partition coefficient (Wildman–Crippen LogP) is 4.42. The van der Waals surface area contributed by atoms with Gasteiger partial charge in [-0.3, -0.25) is 4.79 Å². The average molecular weight is 361 g/mol. The van der Waals surface area contributed by atoms with Crippen LogP contribution >= 0.6 is 0 Å². The Labute approximate surface area is 159 Å². The number of hydrogen-bond acceptors (Lipinski definition) is 3. The van der Waals surface area contributed by atoms with E-state index in [4.69, 9.17) is 4.74 Å². The van der Waals surface area contributed by atoms with Crippen molar-refractivity contribution in [3.63, 3.8) is 0 Å². The molecule has 0 atom stereocenters. The van der Waals surface area contributed by atoms with Crippen molar-refractivity contribution in [2.75, 3.05) is 6.61 Å². The van der Waals surface area contributed by atoms with E-state index in [0.29, 0.717) is 12.2 Å². The van der Waals surface area contributed by atoms with Gasteiger partial charge in [-0.25, -0.2) is 5.43 Å². The SMILES string of the molecule is CCCCOc1ccccc1C=NNC(=O)c1ccccc1-n1cccc1. The highest BCUT2D eigenvalue weighted by atomic mass is 16.5. The van der Waals surface area contributed by atoms with Gasteiger partial charge in [0.15, 0.2) is 0 Å². The molecule has 0 unspecified atom stereocenters. The van der Waals surface area contributed by atoms with Crippen LogP contribution in [0.15, 0.2) is 78.2 Å². The van der Waals surface area contributed by atoms with Gasteiger partial charge >= 0.3 is 0 Å². The minimum atomic E-state index is -0.264. The molecule has 1 aromatic heterocycles. The number of unbranched alkanes of at least 4 members (excludes halogenated alkanes) is 1. The van der Waals surface area contributed by atoms with Crippen molar-refractivity contribution in [2.45, 2.75) is 19.8 Å². The molecular weight excluding hydrogens is 338 g/mol. The summed E-state index contributed by atoms with van der Waals surface area (Å²) in [7, 11) is 0. The van der Waals surface area contributed by atoms with E-state index >= 15 is 0 Å². The van der Waals surface area contributed by atoms with Gasteiger partial charge in [0, 0.05) is 18.0 Å². The predicted molar refractivity (Wildman–Crippen MR) is 108 cm³/mol. The second-order valence-electron chi connectivity index (χ2n) is 6.05. The van der Waals surface area contributed by atoms with E-state index in [1.54, 1.807) is 12.3 Å². The Morgan fingerprint density at radius 3 is 2.63 bits per heavy atom. The maximum Gasteiger partial charge on any atom is 0.273 e. The normalized spacial score (nSPS) is 10.9. The lowest BCUT2D eigenvalue weighted by Gasteiger charge is -2.09. The zero-order valence-corrected chi connectivity index (χ0v) is 15.3. The second-order valence-corrected chi connectivity index (χ2v) is 6.05. The zero-order chi connectivity index (χ0) is 18.9. The van der Waals surface area contributed by atoms with Gasteiger partial charge in [0.2, 0.25) is 0 Å². The van der Waals surface area contributed by atoms with Crippen LogP contribution in [0.1, 0.15) is 35.7 Å². The molecule has 2 aromatic carbocycles. The summed E-state index contributed by atoms with van der Waals surface area (Å²) in [4.78, 5) is 12.6. The van der Waals surface area contributed by atoms with Gasteiger partial charge < -0.3 is 9.30 Å². The standard InChI is InChI=1S/C22H23N3O2/c1-2-3-16-27-21-13-7-4-10-18(21)17-23-24-22(26)19-11-5-6-12-20(19)25-14-8-9-15-25/h4-15,17H,2-3,16H2,1H3,(H,24,26). The van der Waals surface area contributed by atoms with Gasteiger partial charge in [0.25, 0.3) is 5.91 Å². The summed E-state index contributed by atoms with van der Waals surface area (Å²) in [6.07, 6.45) is 7.49. The van der Waals surface area contributed by atoms with Crippen LogP contribution in [0.2, 0.25) is 0 Å². The smallest absolute Gasteiger partial charge is 0.273 e. The summed E-state index contributed by atoms with van der Waals surface area (Å²) >= 11 is 0. The van der Waals surface area contributed by atoms with Crippen molar-refractivity contribution in [3.05, 3.63) is 84.2 Å². The summed E-state index contributed by atoms with van der Waals surface area (Å²) in [6.45, 7) is 2.79. The number of benzene rings is 2. The number of hydrazone groups is 1. The lowest BCUT2D eigenvalue weighted by Crippen LogP contribution is -2.19. The molecule has 1 heterocycles. The van der Waals surface area contributed by atoms with E-state index < -0.39 is 0 Å². The van der Waals surface area contributed by atoms with Gasteiger partial charge in [0.1, 0.15) is 5.75 Å². The van der Waals surface area contributed by atoms with Gasteiger partial charge in [-0.2, -0.15) is 5.10 Å². The lowest BCUT2D eigenvalue weighted by molar-refractivity contribution is 0.0955. The van der Waals surface area contributed by atoms with Crippen molar-refractivity contribution >= 4 is 12.1 Å². The van der Waals surface area contributed by atoms with E-state index in [-0.39, 0.29) is 5.91 Å². The molecule has 0 fully saturated rings. The third-order valence-electron chi connectivity index (χ3n) is 4.08. The maximum atomic E-state index is 12.6. The number of aromatic nitrogens is 1. The van der Waals surface area contributed by atoms with Crippen molar-refractivity contribution in [1.29, 1.82) is 0 Å². The number of hydrogen-bond donors (Lipinski definition) is 1. The molecule has 0 saturated carbocycles. The number of para-hydroxylation sites is 2. The van der Waals surface area contributed by atoms with Crippen LogP contribution in [0, 0.1) is 0 Å². The molecule has 1 amide bonds. The first kappa shape index (κ1) is 18.5. The average Bonchev–Trinajstić information content (AvgIpc) is 3.24. The number of nitrogens with zero attached hydrogens (tertiary/aromatic N) is 2. The Hall–Kier alpha value is -3.34. The number of ether oxygens (including phenoxy) is 1. The molecule has 0 radical (unpaired) electrons. The van der Waals surface area contributed by atoms with Crippen molar-refractivity contribution < 1.29 is 9.53 Å². The van der Waals surface area contributed by atoms with E-state index in [2.05, 4.69) is 17.5 Å². The third kappa shape index (κ3) is 4.85. The number of carbonyl (C=O) groups is 1. The van der Waals surface area contributed by atoms with E-state index in [9.17, 15) is 4.79 Å². The number of rotatable bonds is 8. The molecule has 0 spiro atoms. The fourth-order valence-corrected chi connectivity index (χ4v) is 2.65. The minimum absolute atomic E-state index is 0.264. The molecule has 5 nitrogen and oxygen atoms in total. The van der Waals surface area contributed by atoms with Crippen molar-refractivity contribution in [1.82, 2.24) is 9.99 Å². The molecule has 3 rings (SSSR count). The summed E-state index contributed by atoms with van der Waals surface area (Å²) < 4.78 is 7.68. The highest BCUT2D eigenvalue weighted by molar-refractivity contribution is 5.98. The van der Waals surface area contributed by atoms with Crippen LogP contribution in [0.4, 0.5) is 0 Å². The van der Waals surface area contributed by atoms with Crippen LogP contribution in [-0.2, 0) is 0 Å². The molecule has 1 N–H and O–H groups in total. The molecular formula is C22H23N3O2.